The van der Waals surface area contributed by atoms with E-state index in [-0.39, 0.29) is 0 Å². The Morgan fingerprint density at radius 3 is 0.645 bits per heavy atom. The molecule has 0 nitrogen and oxygen atoms in total. The van der Waals surface area contributed by atoms with E-state index in [9.17, 15) is 0 Å². The van der Waals surface area contributed by atoms with Gasteiger partial charge in [-0.3, -0.25) is 0 Å². The van der Waals surface area contributed by atoms with Gasteiger partial charge in [-0.05, 0) is 324 Å². The van der Waals surface area contributed by atoms with Crippen molar-refractivity contribution < 1.29 is 0 Å². The van der Waals surface area contributed by atoms with Crippen molar-refractivity contribution in [3.63, 3.8) is 0 Å². The lowest BCUT2D eigenvalue weighted by atomic mass is 9.90. The lowest BCUT2D eigenvalue weighted by Gasteiger charge is -2.15. The molecule has 0 heterocycles. The normalized spacial score (nSPS) is 10.2. The first-order valence-corrected chi connectivity index (χ1v) is 43.7. The number of aryl methyl sites for hydroxylation is 23. The smallest absolute Gasteiger partial charge is 0.0302 e. The van der Waals surface area contributed by atoms with E-state index < -0.39 is 0 Å². The molecule has 0 radical (unpaired) electrons. The molecule has 0 aliphatic carbocycles. The molecule has 9 rings (SSSR count). The van der Waals surface area contributed by atoms with E-state index in [1.807, 2.05) is 0 Å². The second kappa shape index (κ2) is 58.9. The Morgan fingerprint density at radius 2 is 0.355 bits per heavy atom. The summed E-state index contributed by atoms with van der Waals surface area (Å²) in [4.78, 5) is 0. The van der Waals surface area contributed by atoms with Crippen LogP contribution in [0.3, 0.4) is 0 Å². The van der Waals surface area contributed by atoms with Gasteiger partial charge in [0.15, 0.2) is 0 Å². The number of benzene rings is 9. The van der Waals surface area contributed by atoms with Crippen LogP contribution in [-0.2, 0) is 167 Å². The first-order chi connectivity index (χ1) is 51.8. The molecule has 0 spiro atoms. The molecule has 9 aromatic rings. The molecule has 0 fully saturated rings. The van der Waals surface area contributed by atoms with Crippen molar-refractivity contribution >= 4 is 0 Å². The molecule has 0 N–H and O–H groups in total. The van der Waals surface area contributed by atoms with Gasteiger partial charge in [-0.1, -0.05) is 344 Å². The van der Waals surface area contributed by atoms with Crippen LogP contribution in [0.25, 0.3) is 0 Å². The van der Waals surface area contributed by atoms with Crippen LogP contribution >= 0.6 is 0 Å². The van der Waals surface area contributed by atoms with Crippen LogP contribution in [0.4, 0.5) is 0 Å². The molecule has 0 unspecified atom stereocenters. The monoisotopic (exact) mass is 1450 g/mol. The molecular weight excluding hydrogens is 1290 g/mol. The topological polar surface area (TPSA) is 0 Å². The molecule has 0 atom stereocenters. The fourth-order valence-corrected chi connectivity index (χ4v) is 14.5. The number of hydrogen-bond donors (Lipinski definition) is 0. The summed E-state index contributed by atoms with van der Waals surface area (Å²) in [6, 6.07) is 60.8. The summed E-state index contributed by atoms with van der Waals surface area (Å²) in [5, 5.41) is 0. The minimum Gasteiger partial charge on any atom is -0.0620 e. The van der Waals surface area contributed by atoms with Gasteiger partial charge in [-0.25, -0.2) is 0 Å². The summed E-state index contributed by atoms with van der Waals surface area (Å²) in [6.45, 7) is 60.1. The lowest BCUT2D eigenvalue weighted by Crippen LogP contribution is -2.01. The summed E-state index contributed by atoms with van der Waals surface area (Å²) in [5.74, 6) is 0. The summed E-state index contributed by atoms with van der Waals surface area (Å²) < 4.78 is 0. The molecule has 0 aliphatic heterocycles. The Morgan fingerprint density at radius 1 is 0.131 bits per heavy atom. The van der Waals surface area contributed by atoms with Crippen LogP contribution in [0.2, 0.25) is 0 Å². The largest absolute Gasteiger partial charge is 0.0620 e. The number of hydrogen-bond acceptors (Lipinski definition) is 0. The molecule has 9 aromatic carbocycles. The highest BCUT2D eigenvalue weighted by Crippen LogP contribution is 2.25. The van der Waals surface area contributed by atoms with E-state index in [2.05, 4.69) is 351 Å². The van der Waals surface area contributed by atoms with Crippen LogP contribution in [0.1, 0.15) is 330 Å². The molecule has 0 aliphatic rings. The van der Waals surface area contributed by atoms with Crippen LogP contribution in [0, 0.1) is 6.92 Å². The molecule has 0 saturated heterocycles. The molecule has 588 valence electrons. The molecule has 0 aromatic heterocycles. The SMILES string of the molecule is CCc1cc(CC)c(CC)c(CC)c1.CCc1cc(CC)c(CC)cc1CC.CCc1cc(CC)cc(CC)c1.CCc1ccc(CC)c(CC)c1.CCc1ccc(CC)c(CC)c1CC.CCc1ccc(CC)cc1.CCc1cccc(CC)c1.CCc1cccc(CC)c1CC.CCc1ccccc1C. The zero-order chi connectivity index (χ0) is 80.1. The molecule has 0 heteroatoms. The van der Waals surface area contributed by atoms with Gasteiger partial charge in [-0.15, -0.1) is 0 Å². The number of rotatable bonds is 26. The van der Waals surface area contributed by atoms with Crippen molar-refractivity contribution in [3.05, 3.63) is 314 Å². The van der Waals surface area contributed by atoms with E-state index in [0.29, 0.717) is 0 Å². The average Bonchev–Trinajstić information content (AvgIpc) is 0.845. The Hall–Kier alpha value is -7.02. The minimum absolute atomic E-state index is 1.14. The third-order valence-electron chi connectivity index (χ3n) is 21.7. The molecule has 0 bridgehead atoms. The van der Waals surface area contributed by atoms with Gasteiger partial charge in [0.1, 0.15) is 0 Å². The standard InChI is InChI=1S/3C14H22.3C12H18.2C10H14.C9H12/c1-5-11-9-13(7-3)14(8-4)10-12(11)6-2;1-5-11-9-12(6-2)14(8-4)13(7-3)10-11;1-5-11-9-10-12(6-2)14(8-4)13(11)7-3;1-4-10-7-11(5-2)9-12(6-3)8-10;1-4-10-7-8-11(5-2)12(6-3)9-10;1-4-10-8-7-9-11(5-2)12(10)6-3;1-3-9-5-7-10(4-2)8-6-9;1-3-9-6-5-7-10(4-2)8-9;1-3-9-7-5-4-6-8(9)2/h3*9-10H,5-8H2,1-4H3;3*7-9H,4-6H2,1-3H3;2*5-8H,3-4H2,1-2H3;4-7H,3H2,1-2H3. The Kier molecular flexibility index (Phi) is 54.0. The van der Waals surface area contributed by atoms with Crippen molar-refractivity contribution in [3.8, 4) is 0 Å². The van der Waals surface area contributed by atoms with Crippen LogP contribution < -0.4 is 0 Å². The molecule has 107 heavy (non-hydrogen) atoms. The highest BCUT2D eigenvalue weighted by atomic mass is 14.2. The molecular formula is C107H160. The second-order valence-corrected chi connectivity index (χ2v) is 28.2. The van der Waals surface area contributed by atoms with Gasteiger partial charge in [0.25, 0.3) is 0 Å². The fourth-order valence-electron chi connectivity index (χ4n) is 14.5. The van der Waals surface area contributed by atoms with E-state index in [0.717, 1.165) is 89.9 Å². The lowest BCUT2D eigenvalue weighted by molar-refractivity contribution is 0.945. The maximum atomic E-state index is 2.41. The third kappa shape index (κ3) is 34.6. The Labute approximate surface area is 663 Å². The highest BCUT2D eigenvalue weighted by molar-refractivity contribution is 5.43. The summed E-state index contributed by atoms with van der Waals surface area (Å²) in [5.41, 5.74) is 40.8. The van der Waals surface area contributed by atoms with Gasteiger partial charge < -0.3 is 0 Å². The maximum Gasteiger partial charge on any atom is -0.0302 e. The van der Waals surface area contributed by atoms with Crippen LogP contribution in [0.15, 0.2) is 164 Å². The Bertz CT molecular complexity index is 3540. The van der Waals surface area contributed by atoms with Gasteiger partial charge in [0.2, 0.25) is 0 Å². The molecule has 0 amide bonds. The predicted octanol–water partition coefficient (Wildman–Crippen LogP) is 30.1. The van der Waals surface area contributed by atoms with Crippen LogP contribution in [0.5, 0.6) is 0 Å². The fraction of sp³-hybridized carbons (Fsp3) is 0.495. The molecule has 0 saturated carbocycles. The van der Waals surface area contributed by atoms with Crippen molar-refractivity contribution in [1.29, 1.82) is 0 Å². The minimum atomic E-state index is 1.14. The summed E-state index contributed by atoms with van der Waals surface area (Å²) in [6.07, 6.45) is 30.2. The Balaban J connectivity index is 0.000000604. The van der Waals surface area contributed by atoms with Crippen molar-refractivity contribution in [2.75, 3.05) is 0 Å². The van der Waals surface area contributed by atoms with Crippen molar-refractivity contribution in [2.24, 2.45) is 0 Å². The summed E-state index contributed by atoms with van der Waals surface area (Å²) >= 11 is 0. The van der Waals surface area contributed by atoms with Crippen LogP contribution in [-0.4, -0.2) is 0 Å². The second-order valence-electron chi connectivity index (χ2n) is 28.2. The van der Waals surface area contributed by atoms with Gasteiger partial charge in [0.05, 0.1) is 0 Å². The zero-order valence-electron chi connectivity index (χ0n) is 74.5. The van der Waals surface area contributed by atoms with Crippen molar-refractivity contribution in [2.45, 2.75) is 354 Å². The van der Waals surface area contributed by atoms with E-state index >= 15 is 0 Å². The van der Waals surface area contributed by atoms with Crippen molar-refractivity contribution in [1.82, 2.24) is 0 Å². The quantitative estimate of drug-likeness (QED) is 0.0507. The first kappa shape index (κ1) is 98.0. The van der Waals surface area contributed by atoms with E-state index in [4.69, 9.17) is 0 Å². The van der Waals surface area contributed by atoms with E-state index in [1.165, 1.54) is 161 Å². The van der Waals surface area contributed by atoms with E-state index in [1.54, 1.807) is 66.8 Å². The summed E-state index contributed by atoms with van der Waals surface area (Å²) in [7, 11) is 0. The highest BCUT2D eigenvalue weighted by Gasteiger charge is 2.11. The van der Waals surface area contributed by atoms with Gasteiger partial charge in [0, 0.05) is 0 Å². The van der Waals surface area contributed by atoms with Gasteiger partial charge >= 0.3 is 0 Å². The average molecular weight is 1450 g/mol. The third-order valence-corrected chi connectivity index (χ3v) is 21.7. The maximum absolute atomic E-state index is 2.41. The predicted molar refractivity (Wildman–Crippen MR) is 487 cm³/mol. The first-order valence-electron chi connectivity index (χ1n) is 43.7. The zero-order valence-corrected chi connectivity index (χ0v) is 74.5. The van der Waals surface area contributed by atoms with Gasteiger partial charge in [-0.2, -0.15) is 0 Å².